The van der Waals surface area contributed by atoms with E-state index < -0.39 is 0 Å². The molecule has 0 heterocycles. The third kappa shape index (κ3) is 3.74. The molecule has 0 spiro atoms. The predicted molar refractivity (Wildman–Crippen MR) is 66.1 cm³/mol. The average molecular weight is 273 g/mol. The summed E-state index contributed by atoms with van der Waals surface area (Å²) in [5.41, 5.74) is 1.17. The van der Waals surface area contributed by atoms with Crippen LogP contribution in [0.15, 0.2) is 18.2 Å². The van der Waals surface area contributed by atoms with E-state index in [2.05, 4.69) is 22.9 Å². The number of ether oxygens (including phenoxy) is 2. The van der Waals surface area contributed by atoms with Crippen LogP contribution in [0.25, 0.3) is 0 Å². The van der Waals surface area contributed by atoms with Crippen molar-refractivity contribution < 1.29 is 9.47 Å². The fourth-order valence-electron chi connectivity index (χ4n) is 1.32. The molecule has 0 saturated heterocycles. The fraction of sp³-hybridized carbons (Fsp3) is 0.500. The monoisotopic (exact) mass is 272 g/mol. The van der Waals surface area contributed by atoms with Crippen LogP contribution in [0.4, 0.5) is 0 Å². The van der Waals surface area contributed by atoms with Crippen molar-refractivity contribution in [2.24, 2.45) is 0 Å². The van der Waals surface area contributed by atoms with E-state index in [9.17, 15) is 0 Å². The first-order valence-electron chi connectivity index (χ1n) is 5.22. The lowest BCUT2D eigenvalue weighted by Gasteiger charge is -2.11. The van der Waals surface area contributed by atoms with Gasteiger partial charge in [0.1, 0.15) is 11.5 Å². The molecule has 0 fully saturated rings. The van der Waals surface area contributed by atoms with E-state index in [0.29, 0.717) is 18.0 Å². The number of hydrogen-bond acceptors (Lipinski definition) is 2. The Kier molecular flexibility index (Phi) is 4.95. The highest BCUT2D eigenvalue weighted by molar-refractivity contribution is 9.09. The van der Waals surface area contributed by atoms with Crippen molar-refractivity contribution >= 4 is 15.9 Å². The van der Waals surface area contributed by atoms with E-state index >= 15 is 0 Å². The van der Waals surface area contributed by atoms with E-state index in [1.54, 1.807) is 0 Å². The molecule has 2 nitrogen and oxygen atoms in total. The van der Waals surface area contributed by atoms with E-state index in [1.165, 1.54) is 5.56 Å². The number of hydrogen-bond donors (Lipinski definition) is 0. The van der Waals surface area contributed by atoms with Gasteiger partial charge in [-0.2, -0.15) is 0 Å². The van der Waals surface area contributed by atoms with Gasteiger partial charge in [0, 0.05) is 10.9 Å². The Morgan fingerprint density at radius 1 is 1.07 bits per heavy atom. The van der Waals surface area contributed by atoms with Gasteiger partial charge in [-0.3, -0.25) is 0 Å². The summed E-state index contributed by atoms with van der Waals surface area (Å²) in [5, 5.41) is 0. The van der Waals surface area contributed by atoms with Crippen molar-refractivity contribution in [1.82, 2.24) is 0 Å². The molecule has 84 valence electrons. The van der Waals surface area contributed by atoms with Gasteiger partial charge in [-0.05, 0) is 38.5 Å². The van der Waals surface area contributed by atoms with Crippen LogP contribution in [-0.4, -0.2) is 13.2 Å². The summed E-state index contributed by atoms with van der Waals surface area (Å²) < 4.78 is 11.0. The van der Waals surface area contributed by atoms with Crippen LogP contribution in [-0.2, 0) is 0 Å². The lowest BCUT2D eigenvalue weighted by molar-refractivity contribution is 0.322. The summed E-state index contributed by atoms with van der Waals surface area (Å²) in [7, 11) is 0. The predicted octanol–water partition coefficient (Wildman–Crippen LogP) is 3.94. The molecule has 15 heavy (non-hydrogen) atoms. The minimum atomic E-state index is 0.303. The Balaban J connectivity index is 2.97. The average Bonchev–Trinajstić information content (AvgIpc) is 2.18. The molecule has 1 rings (SSSR count). The van der Waals surface area contributed by atoms with Crippen LogP contribution < -0.4 is 9.47 Å². The van der Waals surface area contributed by atoms with Crippen molar-refractivity contribution in [2.75, 3.05) is 13.2 Å². The second kappa shape index (κ2) is 6.01. The number of halogens is 1. The SMILES string of the molecule is CCOc1cc(OCC)cc(C(C)Br)c1. The normalized spacial score (nSPS) is 12.3. The molecule has 0 radical (unpaired) electrons. The molecule has 1 aromatic rings. The Labute approximate surface area is 99.7 Å². The second-order valence-corrected chi connectivity index (χ2v) is 4.59. The van der Waals surface area contributed by atoms with Crippen molar-refractivity contribution in [3.05, 3.63) is 23.8 Å². The van der Waals surface area contributed by atoms with Crippen molar-refractivity contribution in [3.63, 3.8) is 0 Å². The third-order valence-electron chi connectivity index (χ3n) is 1.98. The van der Waals surface area contributed by atoms with Gasteiger partial charge in [-0.1, -0.05) is 15.9 Å². The van der Waals surface area contributed by atoms with E-state index in [-0.39, 0.29) is 0 Å². The summed E-state index contributed by atoms with van der Waals surface area (Å²) in [4.78, 5) is 0.303. The quantitative estimate of drug-likeness (QED) is 0.756. The molecular weight excluding hydrogens is 256 g/mol. The maximum absolute atomic E-state index is 5.48. The Hall–Kier alpha value is -0.700. The molecule has 0 aliphatic rings. The zero-order valence-electron chi connectivity index (χ0n) is 9.42. The Morgan fingerprint density at radius 3 is 1.87 bits per heavy atom. The van der Waals surface area contributed by atoms with Crippen LogP contribution in [0, 0.1) is 0 Å². The van der Waals surface area contributed by atoms with Gasteiger partial charge in [0.15, 0.2) is 0 Å². The van der Waals surface area contributed by atoms with E-state index in [1.807, 2.05) is 32.0 Å². The highest BCUT2D eigenvalue weighted by Crippen LogP contribution is 2.30. The molecule has 0 aromatic heterocycles. The summed E-state index contributed by atoms with van der Waals surface area (Å²) in [6.45, 7) is 7.38. The molecule has 3 heteroatoms. The third-order valence-corrected chi connectivity index (χ3v) is 2.51. The largest absolute Gasteiger partial charge is 0.494 e. The van der Waals surface area contributed by atoms with Gasteiger partial charge in [-0.25, -0.2) is 0 Å². The summed E-state index contributed by atoms with van der Waals surface area (Å²) in [6.07, 6.45) is 0. The minimum absolute atomic E-state index is 0.303. The van der Waals surface area contributed by atoms with Gasteiger partial charge in [0.2, 0.25) is 0 Å². The first-order valence-corrected chi connectivity index (χ1v) is 6.13. The van der Waals surface area contributed by atoms with Crippen LogP contribution in [0.1, 0.15) is 31.2 Å². The standard InChI is InChI=1S/C12H17BrO2/c1-4-14-11-6-10(9(3)13)7-12(8-11)15-5-2/h6-9H,4-5H2,1-3H3. The highest BCUT2D eigenvalue weighted by Gasteiger charge is 2.06. The smallest absolute Gasteiger partial charge is 0.123 e. The molecule has 0 amide bonds. The van der Waals surface area contributed by atoms with Crippen molar-refractivity contribution in [1.29, 1.82) is 0 Å². The molecule has 0 aliphatic carbocycles. The molecule has 1 atom stereocenters. The van der Waals surface area contributed by atoms with Gasteiger partial charge >= 0.3 is 0 Å². The number of alkyl halides is 1. The molecule has 0 aliphatic heterocycles. The van der Waals surface area contributed by atoms with E-state index in [0.717, 1.165) is 11.5 Å². The fourth-order valence-corrected chi connectivity index (χ4v) is 1.59. The lowest BCUT2D eigenvalue weighted by atomic mass is 10.1. The van der Waals surface area contributed by atoms with Crippen LogP contribution in [0.3, 0.4) is 0 Å². The summed E-state index contributed by atoms with van der Waals surface area (Å²) >= 11 is 3.54. The molecule has 0 saturated carbocycles. The maximum Gasteiger partial charge on any atom is 0.123 e. The molecule has 0 bridgehead atoms. The van der Waals surface area contributed by atoms with Gasteiger partial charge in [0.25, 0.3) is 0 Å². The first kappa shape index (κ1) is 12.4. The van der Waals surface area contributed by atoms with Gasteiger partial charge in [-0.15, -0.1) is 0 Å². The molecule has 1 unspecified atom stereocenters. The zero-order chi connectivity index (χ0) is 11.3. The van der Waals surface area contributed by atoms with Crippen LogP contribution >= 0.6 is 15.9 Å². The lowest BCUT2D eigenvalue weighted by Crippen LogP contribution is -1.97. The second-order valence-electron chi connectivity index (χ2n) is 3.22. The maximum atomic E-state index is 5.48. The van der Waals surface area contributed by atoms with Crippen LogP contribution in [0.2, 0.25) is 0 Å². The molecular formula is C12H17BrO2. The number of benzene rings is 1. The first-order chi connectivity index (χ1) is 7.17. The summed E-state index contributed by atoms with van der Waals surface area (Å²) in [6, 6.07) is 5.99. The van der Waals surface area contributed by atoms with Crippen LogP contribution in [0.5, 0.6) is 11.5 Å². The number of rotatable bonds is 5. The summed E-state index contributed by atoms with van der Waals surface area (Å²) in [5.74, 6) is 1.73. The van der Waals surface area contributed by atoms with Crippen molar-refractivity contribution in [3.8, 4) is 11.5 Å². The highest BCUT2D eigenvalue weighted by atomic mass is 79.9. The van der Waals surface area contributed by atoms with Gasteiger partial charge in [0.05, 0.1) is 13.2 Å². The van der Waals surface area contributed by atoms with Gasteiger partial charge < -0.3 is 9.47 Å². The Morgan fingerprint density at radius 2 is 1.53 bits per heavy atom. The molecule has 0 N–H and O–H groups in total. The van der Waals surface area contributed by atoms with E-state index in [4.69, 9.17) is 9.47 Å². The zero-order valence-corrected chi connectivity index (χ0v) is 11.0. The molecule has 1 aromatic carbocycles. The minimum Gasteiger partial charge on any atom is -0.494 e. The topological polar surface area (TPSA) is 18.5 Å². The van der Waals surface area contributed by atoms with Crippen molar-refractivity contribution in [2.45, 2.75) is 25.6 Å². The Bertz CT molecular complexity index is 286.